The number of hydrogen-bond acceptors (Lipinski definition) is 2. The predicted molar refractivity (Wildman–Crippen MR) is 41.7 cm³/mol. The molecule has 0 amide bonds. The van der Waals surface area contributed by atoms with Crippen LogP contribution in [0, 0.1) is 0 Å². The van der Waals surface area contributed by atoms with Crippen molar-refractivity contribution < 1.29 is 5.11 Å². The first kappa shape index (κ1) is 11.7. The fraction of sp³-hybridized carbons (Fsp3) is 0.667. The fourth-order valence-electron chi connectivity index (χ4n) is 0.389. The lowest BCUT2D eigenvalue weighted by Gasteiger charge is -1.94. The van der Waals surface area contributed by atoms with Gasteiger partial charge in [-0.25, -0.2) is 0 Å². The molecule has 0 radical (unpaired) electrons. The normalized spacial score (nSPS) is 13.2. The summed E-state index contributed by atoms with van der Waals surface area (Å²) in [4.78, 5) is 0. The molecule has 56 valence electrons. The second-order valence-corrected chi connectivity index (χ2v) is 1.79. The van der Waals surface area contributed by atoms with Crippen LogP contribution < -0.4 is 5.73 Å². The Morgan fingerprint density at radius 1 is 1.56 bits per heavy atom. The minimum atomic E-state index is -0.238. The topological polar surface area (TPSA) is 46.2 Å². The molecule has 0 aromatic heterocycles. The molecule has 0 saturated carbocycles. The number of aliphatic hydroxyl groups is 1. The van der Waals surface area contributed by atoms with E-state index in [0.717, 1.165) is 0 Å². The molecular weight excluding hydrogens is 138 g/mol. The standard InChI is InChI=1S/C6H13NO.ClH/c1-6(8)4-2-3-5-7;/h2-3,6,8H,4-5,7H2,1H3;1H/b3-2-;/t6-;/m1./s1. The zero-order valence-electron chi connectivity index (χ0n) is 5.58. The third-order valence-corrected chi connectivity index (χ3v) is 0.780. The quantitative estimate of drug-likeness (QED) is 0.584. The highest BCUT2D eigenvalue weighted by Crippen LogP contribution is 1.88. The largest absolute Gasteiger partial charge is 0.393 e. The van der Waals surface area contributed by atoms with Crippen molar-refractivity contribution in [3.05, 3.63) is 12.2 Å². The molecule has 0 unspecified atom stereocenters. The summed E-state index contributed by atoms with van der Waals surface area (Å²) >= 11 is 0. The third-order valence-electron chi connectivity index (χ3n) is 0.780. The zero-order valence-corrected chi connectivity index (χ0v) is 6.40. The molecule has 0 aromatic rings. The highest BCUT2D eigenvalue weighted by molar-refractivity contribution is 5.85. The van der Waals surface area contributed by atoms with Gasteiger partial charge >= 0.3 is 0 Å². The van der Waals surface area contributed by atoms with E-state index in [4.69, 9.17) is 10.8 Å². The van der Waals surface area contributed by atoms with Gasteiger partial charge in [0.2, 0.25) is 0 Å². The van der Waals surface area contributed by atoms with Gasteiger partial charge in [-0.05, 0) is 13.3 Å². The van der Waals surface area contributed by atoms with Crippen molar-refractivity contribution in [1.82, 2.24) is 0 Å². The molecule has 0 spiro atoms. The van der Waals surface area contributed by atoms with Gasteiger partial charge in [-0.2, -0.15) is 0 Å². The summed E-state index contributed by atoms with van der Waals surface area (Å²) in [5.74, 6) is 0. The first-order chi connectivity index (χ1) is 3.77. The van der Waals surface area contributed by atoms with Gasteiger partial charge in [0.05, 0.1) is 6.10 Å². The summed E-state index contributed by atoms with van der Waals surface area (Å²) in [6.45, 7) is 2.31. The highest BCUT2D eigenvalue weighted by atomic mass is 35.5. The molecule has 0 rings (SSSR count). The molecule has 0 fully saturated rings. The molecular formula is C6H14ClNO. The average molecular weight is 152 g/mol. The van der Waals surface area contributed by atoms with E-state index in [1.165, 1.54) is 0 Å². The highest BCUT2D eigenvalue weighted by Gasteiger charge is 1.86. The summed E-state index contributed by atoms with van der Waals surface area (Å²) in [6.07, 6.45) is 4.19. The smallest absolute Gasteiger partial charge is 0.0546 e. The third kappa shape index (κ3) is 11.5. The van der Waals surface area contributed by atoms with Crippen molar-refractivity contribution in [2.24, 2.45) is 5.73 Å². The minimum Gasteiger partial charge on any atom is -0.393 e. The van der Waals surface area contributed by atoms with E-state index < -0.39 is 0 Å². The van der Waals surface area contributed by atoms with Crippen LogP contribution in [0.4, 0.5) is 0 Å². The molecule has 0 saturated heterocycles. The van der Waals surface area contributed by atoms with Gasteiger partial charge in [0.15, 0.2) is 0 Å². The van der Waals surface area contributed by atoms with E-state index >= 15 is 0 Å². The molecule has 0 aliphatic heterocycles. The lowest BCUT2D eigenvalue weighted by molar-refractivity contribution is 0.198. The van der Waals surface area contributed by atoms with Gasteiger partial charge in [-0.3, -0.25) is 0 Å². The van der Waals surface area contributed by atoms with Crippen LogP contribution in [0.1, 0.15) is 13.3 Å². The van der Waals surface area contributed by atoms with Crippen LogP contribution in [0.15, 0.2) is 12.2 Å². The van der Waals surface area contributed by atoms with Crippen LogP contribution in [0.25, 0.3) is 0 Å². The molecule has 2 nitrogen and oxygen atoms in total. The van der Waals surface area contributed by atoms with Crippen molar-refractivity contribution in [3.8, 4) is 0 Å². The van der Waals surface area contributed by atoms with Crippen LogP contribution in [-0.4, -0.2) is 17.8 Å². The Kier molecular flexibility index (Phi) is 10.3. The maximum atomic E-state index is 8.69. The first-order valence-electron chi connectivity index (χ1n) is 2.80. The van der Waals surface area contributed by atoms with E-state index in [9.17, 15) is 0 Å². The zero-order chi connectivity index (χ0) is 6.41. The van der Waals surface area contributed by atoms with Gasteiger partial charge < -0.3 is 10.8 Å². The van der Waals surface area contributed by atoms with Crippen molar-refractivity contribution in [2.75, 3.05) is 6.54 Å². The Labute approximate surface area is 62.2 Å². The lowest BCUT2D eigenvalue weighted by atomic mass is 10.3. The lowest BCUT2D eigenvalue weighted by Crippen LogP contribution is -1.97. The Bertz CT molecular complexity index is 73.5. The predicted octanol–water partition coefficient (Wildman–Crippen LogP) is 0.694. The van der Waals surface area contributed by atoms with E-state index in [1.807, 2.05) is 12.2 Å². The maximum Gasteiger partial charge on any atom is 0.0546 e. The van der Waals surface area contributed by atoms with Crippen molar-refractivity contribution in [2.45, 2.75) is 19.4 Å². The average Bonchev–Trinajstić information content (AvgIpc) is 1.66. The number of rotatable bonds is 3. The molecule has 3 heteroatoms. The Morgan fingerprint density at radius 3 is 2.44 bits per heavy atom. The molecule has 0 heterocycles. The van der Waals surface area contributed by atoms with Crippen molar-refractivity contribution in [1.29, 1.82) is 0 Å². The number of aliphatic hydroxyl groups excluding tert-OH is 1. The Morgan fingerprint density at radius 2 is 2.11 bits per heavy atom. The van der Waals surface area contributed by atoms with E-state index in [-0.39, 0.29) is 18.5 Å². The summed E-state index contributed by atoms with van der Waals surface area (Å²) in [6, 6.07) is 0. The fourth-order valence-corrected chi connectivity index (χ4v) is 0.389. The van der Waals surface area contributed by atoms with Gasteiger partial charge in [-0.15, -0.1) is 12.4 Å². The molecule has 0 aliphatic rings. The SMILES string of the molecule is C[C@@H](O)C/C=C\CN.Cl. The molecule has 0 bridgehead atoms. The van der Waals surface area contributed by atoms with Crippen LogP contribution in [0.5, 0.6) is 0 Å². The van der Waals surface area contributed by atoms with Crippen molar-refractivity contribution >= 4 is 12.4 Å². The van der Waals surface area contributed by atoms with Gasteiger partial charge in [0, 0.05) is 6.54 Å². The van der Waals surface area contributed by atoms with E-state index in [2.05, 4.69) is 0 Å². The second kappa shape index (κ2) is 7.95. The first-order valence-corrected chi connectivity index (χ1v) is 2.80. The summed E-state index contributed by atoms with van der Waals surface area (Å²) in [7, 11) is 0. The van der Waals surface area contributed by atoms with Crippen LogP contribution in [0.3, 0.4) is 0 Å². The molecule has 0 aliphatic carbocycles. The van der Waals surface area contributed by atoms with Crippen LogP contribution >= 0.6 is 12.4 Å². The van der Waals surface area contributed by atoms with Crippen molar-refractivity contribution in [3.63, 3.8) is 0 Å². The van der Waals surface area contributed by atoms with Crippen LogP contribution in [0.2, 0.25) is 0 Å². The minimum absolute atomic E-state index is 0. The summed E-state index contributed by atoms with van der Waals surface area (Å²) in [5, 5.41) is 8.69. The number of halogens is 1. The number of hydrogen-bond donors (Lipinski definition) is 2. The monoisotopic (exact) mass is 151 g/mol. The Balaban J connectivity index is 0. The van der Waals surface area contributed by atoms with Gasteiger partial charge in [0.25, 0.3) is 0 Å². The second-order valence-electron chi connectivity index (χ2n) is 1.79. The summed E-state index contributed by atoms with van der Waals surface area (Å²) in [5.41, 5.74) is 5.15. The molecule has 3 N–H and O–H groups in total. The van der Waals surface area contributed by atoms with Gasteiger partial charge in [-0.1, -0.05) is 12.2 Å². The molecule has 9 heavy (non-hydrogen) atoms. The molecule has 1 atom stereocenters. The van der Waals surface area contributed by atoms with E-state index in [0.29, 0.717) is 13.0 Å². The Hall–Kier alpha value is -0.0500. The van der Waals surface area contributed by atoms with E-state index in [1.54, 1.807) is 6.92 Å². The maximum absolute atomic E-state index is 8.69. The molecule has 0 aromatic carbocycles. The van der Waals surface area contributed by atoms with Gasteiger partial charge in [0.1, 0.15) is 0 Å². The van der Waals surface area contributed by atoms with Crippen LogP contribution in [-0.2, 0) is 0 Å². The summed E-state index contributed by atoms with van der Waals surface area (Å²) < 4.78 is 0. The number of nitrogens with two attached hydrogens (primary N) is 1.